The Morgan fingerprint density at radius 3 is 1.38 bits per heavy atom. The molecule has 0 aliphatic rings. The summed E-state index contributed by atoms with van der Waals surface area (Å²) in [6.45, 7) is 5.40. The van der Waals surface area contributed by atoms with Crippen molar-refractivity contribution in [2.75, 3.05) is 13.2 Å². The van der Waals surface area contributed by atoms with Gasteiger partial charge in [-0.05, 0) is 73.5 Å². The average molecular weight is 389 g/mol. The quantitative estimate of drug-likeness (QED) is 0.341. The molecular formula is C26H28O3. The van der Waals surface area contributed by atoms with Crippen molar-refractivity contribution in [3.05, 3.63) is 85.0 Å². The second kappa shape index (κ2) is 11.0. The van der Waals surface area contributed by atoms with E-state index in [4.69, 9.17) is 13.9 Å². The number of furan rings is 1. The summed E-state index contributed by atoms with van der Waals surface area (Å²) >= 11 is 0. The molecule has 1 heterocycles. The third kappa shape index (κ3) is 6.15. The summed E-state index contributed by atoms with van der Waals surface area (Å²) in [6, 6.07) is 19.9. The Balaban J connectivity index is 1.61. The molecule has 3 aromatic rings. The van der Waals surface area contributed by atoms with Crippen molar-refractivity contribution in [2.24, 2.45) is 0 Å². The molecule has 0 saturated carbocycles. The van der Waals surface area contributed by atoms with Crippen LogP contribution in [-0.2, 0) is 0 Å². The standard InChI is InChI=1S/C26H28O3/c1-3-5-7-19-27-23-13-9-21(10-14-23)25-17-18-26(29-25)22-11-15-24(16-12-22)28-20-8-6-4-2/h5-18H,3-4,19-20H2,1-2H3/b7-5+,8-6+. The Hall–Kier alpha value is -3.20. The van der Waals surface area contributed by atoms with Crippen molar-refractivity contribution >= 4 is 0 Å². The average Bonchev–Trinajstić information content (AvgIpc) is 3.25. The minimum Gasteiger partial charge on any atom is -0.490 e. The first kappa shape index (κ1) is 20.5. The lowest BCUT2D eigenvalue weighted by molar-refractivity contribution is 0.362. The third-order valence-corrected chi connectivity index (χ3v) is 4.38. The molecule has 3 nitrogen and oxygen atoms in total. The number of allylic oxidation sites excluding steroid dienone is 2. The van der Waals surface area contributed by atoms with Crippen LogP contribution in [0.15, 0.2) is 89.4 Å². The predicted octanol–water partition coefficient (Wildman–Crippen LogP) is 7.30. The molecule has 0 amide bonds. The van der Waals surface area contributed by atoms with E-state index < -0.39 is 0 Å². The minimum absolute atomic E-state index is 0.590. The first-order valence-electron chi connectivity index (χ1n) is 10.2. The monoisotopic (exact) mass is 388 g/mol. The molecule has 0 aliphatic heterocycles. The van der Waals surface area contributed by atoms with E-state index in [0.29, 0.717) is 13.2 Å². The van der Waals surface area contributed by atoms with Crippen LogP contribution in [0.1, 0.15) is 26.7 Å². The first-order chi connectivity index (χ1) is 14.3. The highest BCUT2D eigenvalue weighted by Gasteiger charge is 2.07. The van der Waals surface area contributed by atoms with Crippen molar-refractivity contribution in [1.82, 2.24) is 0 Å². The van der Waals surface area contributed by atoms with E-state index in [2.05, 4.69) is 26.0 Å². The summed E-state index contributed by atoms with van der Waals surface area (Å²) < 4.78 is 17.4. The molecule has 0 radical (unpaired) electrons. The van der Waals surface area contributed by atoms with Crippen LogP contribution in [0.25, 0.3) is 22.6 Å². The van der Waals surface area contributed by atoms with Gasteiger partial charge in [0.1, 0.15) is 36.2 Å². The lowest BCUT2D eigenvalue weighted by Gasteiger charge is -2.05. The van der Waals surface area contributed by atoms with Gasteiger partial charge < -0.3 is 13.9 Å². The number of hydrogen-bond donors (Lipinski definition) is 0. The summed E-state index contributed by atoms with van der Waals surface area (Å²) in [5.41, 5.74) is 2.05. The molecule has 0 N–H and O–H groups in total. The molecule has 3 heteroatoms. The van der Waals surface area contributed by atoms with Gasteiger partial charge in [0.05, 0.1) is 0 Å². The van der Waals surface area contributed by atoms with Crippen molar-refractivity contribution in [3.8, 4) is 34.1 Å². The first-order valence-corrected chi connectivity index (χ1v) is 10.2. The van der Waals surface area contributed by atoms with E-state index in [-0.39, 0.29) is 0 Å². The van der Waals surface area contributed by atoms with E-state index in [1.165, 1.54) is 0 Å². The van der Waals surface area contributed by atoms with Gasteiger partial charge in [0.25, 0.3) is 0 Å². The van der Waals surface area contributed by atoms with Gasteiger partial charge in [-0.3, -0.25) is 0 Å². The van der Waals surface area contributed by atoms with E-state index in [1.54, 1.807) is 0 Å². The van der Waals surface area contributed by atoms with Gasteiger partial charge in [-0.2, -0.15) is 0 Å². The number of hydrogen-bond acceptors (Lipinski definition) is 3. The van der Waals surface area contributed by atoms with Crippen molar-refractivity contribution in [3.63, 3.8) is 0 Å². The highest BCUT2D eigenvalue weighted by molar-refractivity contribution is 5.65. The van der Waals surface area contributed by atoms with E-state index in [1.807, 2.05) is 72.8 Å². The van der Waals surface area contributed by atoms with Gasteiger partial charge in [0.2, 0.25) is 0 Å². The Morgan fingerprint density at radius 2 is 1.00 bits per heavy atom. The molecule has 0 spiro atoms. The fourth-order valence-electron chi connectivity index (χ4n) is 2.84. The molecule has 0 saturated heterocycles. The highest BCUT2D eigenvalue weighted by atomic mass is 16.5. The normalized spacial score (nSPS) is 11.4. The molecule has 3 rings (SSSR count). The fourth-order valence-corrected chi connectivity index (χ4v) is 2.84. The highest BCUT2D eigenvalue weighted by Crippen LogP contribution is 2.30. The van der Waals surface area contributed by atoms with Gasteiger partial charge in [0, 0.05) is 11.1 Å². The number of benzene rings is 2. The Kier molecular flexibility index (Phi) is 7.76. The number of ether oxygens (including phenoxy) is 2. The van der Waals surface area contributed by atoms with Gasteiger partial charge >= 0.3 is 0 Å². The van der Waals surface area contributed by atoms with Gasteiger partial charge in [-0.15, -0.1) is 0 Å². The van der Waals surface area contributed by atoms with E-state index >= 15 is 0 Å². The third-order valence-electron chi connectivity index (χ3n) is 4.38. The summed E-state index contributed by atoms with van der Waals surface area (Å²) in [6.07, 6.45) is 10.3. The maximum atomic E-state index is 6.06. The molecule has 2 aromatic carbocycles. The molecule has 0 bridgehead atoms. The van der Waals surface area contributed by atoms with Gasteiger partial charge in [-0.25, -0.2) is 0 Å². The SMILES string of the molecule is CC/C=C/COc1ccc(-c2ccc(-c3ccc(OC/C=C/CC)cc3)o2)cc1. The minimum atomic E-state index is 0.590. The van der Waals surface area contributed by atoms with Crippen LogP contribution in [0.4, 0.5) is 0 Å². The lowest BCUT2D eigenvalue weighted by atomic mass is 10.1. The maximum absolute atomic E-state index is 6.06. The van der Waals surface area contributed by atoms with Crippen LogP contribution < -0.4 is 9.47 Å². The maximum Gasteiger partial charge on any atom is 0.134 e. The van der Waals surface area contributed by atoms with Crippen LogP contribution in [0.2, 0.25) is 0 Å². The zero-order valence-electron chi connectivity index (χ0n) is 17.1. The second-order valence-corrected chi connectivity index (χ2v) is 6.59. The Bertz CT molecular complexity index is 839. The summed E-state index contributed by atoms with van der Waals surface area (Å²) in [5.74, 6) is 3.38. The van der Waals surface area contributed by atoms with Gasteiger partial charge in [0.15, 0.2) is 0 Å². The van der Waals surface area contributed by atoms with Crippen molar-refractivity contribution < 1.29 is 13.9 Å². The molecule has 150 valence electrons. The van der Waals surface area contributed by atoms with Crippen LogP contribution in [-0.4, -0.2) is 13.2 Å². The molecule has 1 aromatic heterocycles. The summed E-state index contributed by atoms with van der Waals surface area (Å²) in [5, 5.41) is 0. The fraction of sp³-hybridized carbons (Fsp3) is 0.231. The summed E-state index contributed by atoms with van der Waals surface area (Å²) in [4.78, 5) is 0. The largest absolute Gasteiger partial charge is 0.490 e. The van der Waals surface area contributed by atoms with Crippen LogP contribution in [0.3, 0.4) is 0 Å². The molecular weight excluding hydrogens is 360 g/mol. The molecule has 0 unspecified atom stereocenters. The topological polar surface area (TPSA) is 31.6 Å². The smallest absolute Gasteiger partial charge is 0.134 e. The van der Waals surface area contributed by atoms with E-state index in [9.17, 15) is 0 Å². The van der Waals surface area contributed by atoms with Gasteiger partial charge in [-0.1, -0.05) is 38.2 Å². The van der Waals surface area contributed by atoms with E-state index in [0.717, 1.165) is 47.0 Å². The van der Waals surface area contributed by atoms with Crippen molar-refractivity contribution in [2.45, 2.75) is 26.7 Å². The molecule has 0 fully saturated rings. The Labute approximate surface area is 173 Å². The van der Waals surface area contributed by atoms with Crippen molar-refractivity contribution in [1.29, 1.82) is 0 Å². The molecule has 0 atom stereocenters. The van der Waals surface area contributed by atoms with Crippen LogP contribution in [0, 0.1) is 0 Å². The van der Waals surface area contributed by atoms with Crippen LogP contribution in [0.5, 0.6) is 11.5 Å². The molecule has 0 aliphatic carbocycles. The second-order valence-electron chi connectivity index (χ2n) is 6.59. The molecule has 29 heavy (non-hydrogen) atoms. The Morgan fingerprint density at radius 1 is 0.586 bits per heavy atom. The summed E-state index contributed by atoms with van der Waals surface area (Å²) in [7, 11) is 0. The lowest BCUT2D eigenvalue weighted by Crippen LogP contribution is -1.92. The number of rotatable bonds is 10. The zero-order chi connectivity index (χ0) is 20.3. The van der Waals surface area contributed by atoms with Crippen LogP contribution >= 0.6 is 0 Å². The zero-order valence-corrected chi connectivity index (χ0v) is 17.1. The predicted molar refractivity (Wildman–Crippen MR) is 119 cm³/mol.